The molecular formula is C15H16ClN5O3. The molecule has 2 rings (SSSR count). The van der Waals surface area contributed by atoms with Gasteiger partial charge in [0.2, 0.25) is 11.8 Å². The normalized spacial score (nSPS) is 10.7. The third-order valence-electron chi connectivity index (χ3n) is 3.42. The molecule has 0 bridgehead atoms. The topological polar surface area (TPSA) is 133 Å². The predicted octanol–water partition coefficient (Wildman–Crippen LogP) is 0.212. The molecule has 5 N–H and O–H groups in total. The highest BCUT2D eigenvalue weighted by Gasteiger charge is 2.24. The molecule has 24 heavy (non-hydrogen) atoms. The van der Waals surface area contributed by atoms with Crippen molar-refractivity contribution >= 4 is 29.3 Å². The first-order valence-electron chi connectivity index (χ1n) is 6.94. The standard InChI is InChI=1S/C15H16ClN5O3/c1-7-11(16)8(2)21(20-7)10-5-3-9(4-6-10)15(24)19-12(13(17)22)14(18)23/h3-6,12H,1-2H3,(H2,17,22)(H2,18,23)(H,19,24). The average Bonchev–Trinajstić information content (AvgIpc) is 2.79. The number of amides is 3. The lowest BCUT2D eigenvalue weighted by molar-refractivity contribution is -0.128. The maximum Gasteiger partial charge on any atom is 0.252 e. The Balaban J connectivity index is 2.23. The van der Waals surface area contributed by atoms with E-state index >= 15 is 0 Å². The third-order valence-corrected chi connectivity index (χ3v) is 3.97. The fourth-order valence-corrected chi connectivity index (χ4v) is 2.24. The molecule has 0 atom stereocenters. The minimum absolute atomic E-state index is 0.235. The van der Waals surface area contributed by atoms with Gasteiger partial charge < -0.3 is 16.8 Å². The van der Waals surface area contributed by atoms with E-state index in [4.69, 9.17) is 23.1 Å². The zero-order chi connectivity index (χ0) is 18.0. The lowest BCUT2D eigenvalue weighted by Gasteiger charge is -2.12. The fraction of sp³-hybridized carbons (Fsp3) is 0.200. The molecule has 0 saturated heterocycles. The Morgan fingerprint density at radius 3 is 2.08 bits per heavy atom. The molecule has 0 aliphatic heterocycles. The highest BCUT2D eigenvalue weighted by molar-refractivity contribution is 6.31. The molecule has 0 aliphatic rings. The van der Waals surface area contributed by atoms with Gasteiger partial charge in [-0.2, -0.15) is 5.10 Å². The summed E-state index contributed by atoms with van der Waals surface area (Å²) in [5, 5.41) is 7.07. The minimum atomic E-state index is -1.56. The van der Waals surface area contributed by atoms with Gasteiger partial charge in [-0.15, -0.1) is 0 Å². The molecule has 1 aromatic carbocycles. The highest BCUT2D eigenvalue weighted by atomic mass is 35.5. The Kier molecular flexibility index (Phi) is 4.89. The van der Waals surface area contributed by atoms with Crippen molar-refractivity contribution in [2.24, 2.45) is 11.5 Å². The maximum absolute atomic E-state index is 12.1. The van der Waals surface area contributed by atoms with Gasteiger partial charge in [-0.25, -0.2) is 4.68 Å². The number of benzene rings is 1. The second-order valence-corrected chi connectivity index (χ2v) is 5.53. The van der Waals surface area contributed by atoms with Crippen LogP contribution in [0.1, 0.15) is 21.7 Å². The number of carbonyl (C=O) groups excluding carboxylic acids is 3. The number of aromatic nitrogens is 2. The molecule has 0 unspecified atom stereocenters. The van der Waals surface area contributed by atoms with Gasteiger partial charge in [-0.1, -0.05) is 11.6 Å². The number of primary amides is 2. The van der Waals surface area contributed by atoms with Crippen LogP contribution in [0, 0.1) is 13.8 Å². The van der Waals surface area contributed by atoms with Gasteiger partial charge in [0.25, 0.3) is 5.91 Å². The van der Waals surface area contributed by atoms with Crippen LogP contribution in [0.3, 0.4) is 0 Å². The van der Waals surface area contributed by atoms with Gasteiger partial charge in [0.1, 0.15) is 0 Å². The number of nitrogens with one attached hydrogen (secondary N) is 1. The molecule has 9 heteroatoms. The third kappa shape index (κ3) is 3.38. The first-order chi connectivity index (χ1) is 11.2. The summed E-state index contributed by atoms with van der Waals surface area (Å²) in [5.41, 5.74) is 12.4. The summed E-state index contributed by atoms with van der Waals surface area (Å²) in [6.07, 6.45) is 0. The number of hydrogen-bond acceptors (Lipinski definition) is 4. The zero-order valence-electron chi connectivity index (χ0n) is 13.0. The minimum Gasteiger partial charge on any atom is -0.367 e. The quantitative estimate of drug-likeness (QED) is 0.665. The largest absolute Gasteiger partial charge is 0.367 e. The molecule has 0 aliphatic carbocycles. The van der Waals surface area contributed by atoms with Crippen molar-refractivity contribution in [3.63, 3.8) is 0 Å². The number of aryl methyl sites for hydroxylation is 1. The lowest BCUT2D eigenvalue weighted by atomic mass is 10.1. The van der Waals surface area contributed by atoms with E-state index in [2.05, 4.69) is 10.4 Å². The Labute approximate surface area is 142 Å². The second-order valence-electron chi connectivity index (χ2n) is 5.15. The van der Waals surface area contributed by atoms with Crippen molar-refractivity contribution in [1.82, 2.24) is 15.1 Å². The van der Waals surface area contributed by atoms with Gasteiger partial charge in [0.05, 0.1) is 22.1 Å². The Bertz CT molecular complexity index is 799. The first-order valence-corrected chi connectivity index (χ1v) is 7.31. The van der Waals surface area contributed by atoms with E-state index in [0.717, 1.165) is 5.69 Å². The van der Waals surface area contributed by atoms with Gasteiger partial charge in [0, 0.05) is 5.56 Å². The number of carbonyl (C=O) groups is 3. The predicted molar refractivity (Wildman–Crippen MR) is 87.7 cm³/mol. The summed E-state index contributed by atoms with van der Waals surface area (Å²) in [6.45, 7) is 3.62. The van der Waals surface area contributed by atoms with E-state index in [1.807, 2.05) is 6.92 Å². The summed E-state index contributed by atoms with van der Waals surface area (Å²) in [7, 11) is 0. The number of nitrogens with zero attached hydrogens (tertiary/aromatic N) is 2. The van der Waals surface area contributed by atoms with Crippen molar-refractivity contribution < 1.29 is 14.4 Å². The van der Waals surface area contributed by atoms with Crippen LogP contribution in [0.5, 0.6) is 0 Å². The second kappa shape index (κ2) is 6.71. The van der Waals surface area contributed by atoms with Crippen LogP contribution in [0.15, 0.2) is 24.3 Å². The van der Waals surface area contributed by atoms with Crippen LogP contribution in [0.25, 0.3) is 5.69 Å². The van der Waals surface area contributed by atoms with Crippen LogP contribution in [-0.4, -0.2) is 33.5 Å². The van der Waals surface area contributed by atoms with Crippen LogP contribution in [0.4, 0.5) is 0 Å². The van der Waals surface area contributed by atoms with E-state index in [1.165, 1.54) is 12.1 Å². The van der Waals surface area contributed by atoms with Crippen LogP contribution < -0.4 is 16.8 Å². The summed E-state index contributed by atoms with van der Waals surface area (Å²) in [6, 6.07) is 4.80. The van der Waals surface area contributed by atoms with Crippen molar-refractivity contribution in [1.29, 1.82) is 0 Å². The molecular weight excluding hydrogens is 334 g/mol. The molecule has 1 heterocycles. The van der Waals surface area contributed by atoms with Gasteiger partial charge in [-0.05, 0) is 38.1 Å². The molecule has 2 aromatic rings. The maximum atomic E-state index is 12.1. The van der Waals surface area contributed by atoms with Crippen molar-refractivity contribution in [3.8, 4) is 5.69 Å². The van der Waals surface area contributed by atoms with Gasteiger partial charge in [0.15, 0.2) is 6.04 Å². The molecule has 8 nitrogen and oxygen atoms in total. The fourth-order valence-electron chi connectivity index (χ4n) is 2.13. The number of nitrogens with two attached hydrogens (primary N) is 2. The molecule has 3 amide bonds. The molecule has 1 aromatic heterocycles. The van der Waals surface area contributed by atoms with Gasteiger partial charge in [-0.3, -0.25) is 14.4 Å². The Hall–Kier alpha value is -2.87. The highest BCUT2D eigenvalue weighted by Crippen LogP contribution is 2.22. The number of rotatable bonds is 5. The van der Waals surface area contributed by atoms with Crippen LogP contribution in [0.2, 0.25) is 5.02 Å². The first kappa shape index (κ1) is 17.5. The summed E-state index contributed by atoms with van der Waals surface area (Å²) in [5.74, 6) is -2.69. The molecule has 0 spiro atoms. The van der Waals surface area contributed by atoms with E-state index in [1.54, 1.807) is 23.7 Å². The zero-order valence-corrected chi connectivity index (χ0v) is 13.8. The monoisotopic (exact) mass is 349 g/mol. The van der Waals surface area contributed by atoms with Crippen LogP contribution in [-0.2, 0) is 9.59 Å². The van der Waals surface area contributed by atoms with Crippen LogP contribution >= 0.6 is 11.6 Å². The Morgan fingerprint density at radius 1 is 1.12 bits per heavy atom. The average molecular weight is 350 g/mol. The summed E-state index contributed by atoms with van der Waals surface area (Å²) in [4.78, 5) is 34.3. The number of hydrogen-bond donors (Lipinski definition) is 3. The summed E-state index contributed by atoms with van der Waals surface area (Å²) >= 11 is 6.11. The van der Waals surface area contributed by atoms with Gasteiger partial charge >= 0.3 is 0 Å². The summed E-state index contributed by atoms with van der Waals surface area (Å²) < 4.78 is 1.65. The molecule has 0 radical (unpaired) electrons. The van der Waals surface area contributed by atoms with E-state index < -0.39 is 23.8 Å². The van der Waals surface area contributed by atoms with Crippen molar-refractivity contribution in [2.45, 2.75) is 19.9 Å². The van der Waals surface area contributed by atoms with E-state index in [9.17, 15) is 14.4 Å². The molecule has 0 fully saturated rings. The SMILES string of the molecule is Cc1nn(-c2ccc(C(=O)NC(C(N)=O)C(N)=O)cc2)c(C)c1Cl. The van der Waals surface area contributed by atoms with Crippen molar-refractivity contribution in [3.05, 3.63) is 46.2 Å². The van der Waals surface area contributed by atoms with E-state index in [-0.39, 0.29) is 5.56 Å². The Morgan fingerprint density at radius 2 is 1.67 bits per heavy atom. The lowest BCUT2D eigenvalue weighted by Crippen LogP contribution is -2.52. The molecule has 126 valence electrons. The smallest absolute Gasteiger partial charge is 0.252 e. The molecule has 0 saturated carbocycles. The van der Waals surface area contributed by atoms with Crippen molar-refractivity contribution in [2.75, 3.05) is 0 Å². The van der Waals surface area contributed by atoms with E-state index in [0.29, 0.717) is 16.4 Å². The number of halogens is 1.